The largest absolute Gasteiger partial charge is 0.400 e. The molecule has 36 valence electrons. The minimum absolute atomic E-state index is 0. The maximum Gasteiger partial charge on any atom is 0.0319 e. The normalized spacial score (nSPS) is 2.40. The van der Waals surface area contributed by atoms with Crippen molar-refractivity contribution in [3.63, 3.8) is 0 Å². The van der Waals surface area contributed by atoms with Crippen LogP contribution in [-0.4, -0.2) is 12.2 Å². The molecule has 0 heterocycles. The van der Waals surface area contributed by atoms with Crippen molar-refractivity contribution in [1.82, 2.24) is 6.15 Å². The van der Waals surface area contributed by atoms with Gasteiger partial charge in [-0.3, -0.25) is 0 Å². The van der Waals surface area contributed by atoms with Crippen molar-refractivity contribution in [2.75, 3.05) is 7.11 Å². The molecule has 0 saturated carbocycles. The van der Waals surface area contributed by atoms with Crippen LogP contribution in [0, 0.1) is 0 Å². The Balaban J connectivity index is -0.0000000133. The highest BCUT2D eigenvalue weighted by Crippen LogP contribution is 1.14. The molecule has 4 N–H and O–H groups in total. The molecule has 0 radical (unpaired) electrons. The zero-order chi connectivity index (χ0) is 4.00. The van der Waals surface area contributed by atoms with Gasteiger partial charge in [-0.2, -0.15) is 0 Å². The lowest BCUT2D eigenvalue weighted by Crippen LogP contribution is -1.25. The van der Waals surface area contributed by atoms with Gasteiger partial charge in [-0.1, -0.05) is 13.8 Å². The molecule has 0 aliphatic rings. The van der Waals surface area contributed by atoms with Crippen molar-refractivity contribution in [1.29, 1.82) is 0 Å². The smallest absolute Gasteiger partial charge is 0.0319 e. The van der Waals surface area contributed by atoms with E-state index in [0.29, 0.717) is 0 Å². The zero-order valence-corrected chi connectivity index (χ0v) is 4.15. The molecular formula is C3H13NO. The molecule has 0 rings (SSSR count). The summed E-state index contributed by atoms with van der Waals surface area (Å²) in [5.41, 5.74) is 0. The van der Waals surface area contributed by atoms with Crippen molar-refractivity contribution < 1.29 is 5.11 Å². The second-order valence-corrected chi connectivity index (χ2v) is 0. The first-order valence-electron chi connectivity index (χ1n) is 1.45. The molecule has 2 heteroatoms. The lowest BCUT2D eigenvalue weighted by atomic mass is 11.0. The molecule has 0 unspecified atom stereocenters. The molecule has 0 aromatic rings. The summed E-state index contributed by atoms with van der Waals surface area (Å²) in [5, 5.41) is 7.00. The number of rotatable bonds is 0. The molecule has 0 aliphatic carbocycles. The Morgan fingerprint density at radius 1 is 1.00 bits per heavy atom. The van der Waals surface area contributed by atoms with Gasteiger partial charge < -0.3 is 11.3 Å². The summed E-state index contributed by atoms with van der Waals surface area (Å²) in [4.78, 5) is 0. The summed E-state index contributed by atoms with van der Waals surface area (Å²) in [6, 6.07) is 0. The van der Waals surface area contributed by atoms with Crippen molar-refractivity contribution >= 4 is 0 Å². The Morgan fingerprint density at radius 3 is 1.00 bits per heavy atom. The van der Waals surface area contributed by atoms with Crippen LogP contribution in [0.25, 0.3) is 0 Å². The molecule has 5 heavy (non-hydrogen) atoms. The van der Waals surface area contributed by atoms with Gasteiger partial charge in [0.25, 0.3) is 0 Å². The van der Waals surface area contributed by atoms with Crippen LogP contribution < -0.4 is 6.15 Å². The topological polar surface area (TPSA) is 55.2 Å². The fraction of sp³-hybridized carbons (Fsp3) is 1.00. The molecule has 0 amide bonds. The molecule has 2 nitrogen and oxygen atoms in total. The van der Waals surface area contributed by atoms with E-state index in [9.17, 15) is 0 Å². The number of aliphatic hydroxyl groups excluding tert-OH is 1. The molecule has 0 atom stereocenters. The molecular weight excluding hydrogens is 66.0 g/mol. The SMILES string of the molecule is CC.CO.N. The van der Waals surface area contributed by atoms with E-state index in [4.69, 9.17) is 5.11 Å². The van der Waals surface area contributed by atoms with Crippen LogP contribution in [0.1, 0.15) is 13.8 Å². The number of aliphatic hydroxyl groups is 1. The van der Waals surface area contributed by atoms with E-state index in [1.807, 2.05) is 13.8 Å². The predicted octanol–water partition coefficient (Wildman–Crippen LogP) is 0.797. The van der Waals surface area contributed by atoms with Gasteiger partial charge in [-0.25, -0.2) is 0 Å². The van der Waals surface area contributed by atoms with Gasteiger partial charge in [0.1, 0.15) is 0 Å². The Labute approximate surface area is 33.4 Å². The van der Waals surface area contributed by atoms with Gasteiger partial charge in [-0.15, -0.1) is 0 Å². The van der Waals surface area contributed by atoms with Crippen LogP contribution in [0.5, 0.6) is 0 Å². The lowest BCUT2D eigenvalue weighted by molar-refractivity contribution is 0.399. The molecule has 0 aromatic carbocycles. The van der Waals surface area contributed by atoms with Crippen molar-refractivity contribution in [3.8, 4) is 0 Å². The average Bonchev–Trinajstić information content (AvgIpc) is 1.50. The van der Waals surface area contributed by atoms with Crippen LogP contribution in [0.3, 0.4) is 0 Å². The van der Waals surface area contributed by atoms with Crippen LogP contribution in [0.15, 0.2) is 0 Å². The summed E-state index contributed by atoms with van der Waals surface area (Å²) in [7, 11) is 1.00. The van der Waals surface area contributed by atoms with E-state index in [1.165, 1.54) is 0 Å². The second kappa shape index (κ2) is 5220. The second-order valence-electron chi connectivity index (χ2n) is 0. The Morgan fingerprint density at radius 2 is 1.00 bits per heavy atom. The van der Waals surface area contributed by atoms with Gasteiger partial charge in [0.05, 0.1) is 0 Å². The monoisotopic (exact) mass is 79.1 g/mol. The average molecular weight is 79.1 g/mol. The molecule has 0 aromatic heterocycles. The summed E-state index contributed by atoms with van der Waals surface area (Å²) >= 11 is 0. The molecule has 0 bridgehead atoms. The van der Waals surface area contributed by atoms with Crippen LogP contribution in [-0.2, 0) is 0 Å². The summed E-state index contributed by atoms with van der Waals surface area (Å²) in [6.45, 7) is 4.00. The van der Waals surface area contributed by atoms with Gasteiger partial charge in [-0.05, 0) is 0 Å². The zero-order valence-electron chi connectivity index (χ0n) is 4.15. The minimum atomic E-state index is 0. The highest BCUT2D eigenvalue weighted by Gasteiger charge is 0.932. The Kier molecular flexibility index (Phi) is 21400. The Hall–Kier alpha value is -0.0800. The number of hydrogen-bond donors (Lipinski definition) is 2. The standard InChI is InChI=1S/C2H6.CH4O.H3N/c2*1-2;/h1-2H3;2H,1H3;1H3. The minimum Gasteiger partial charge on any atom is -0.400 e. The van der Waals surface area contributed by atoms with E-state index in [2.05, 4.69) is 0 Å². The van der Waals surface area contributed by atoms with E-state index < -0.39 is 0 Å². The fourth-order valence-corrected chi connectivity index (χ4v) is 0. The highest BCUT2D eigenvalue weighted by atomic mass is 16.2. The van der Waals surface area contributed by atoms with Crippen molar-refractivity contribution in [3.05, 3.63) is 0 Å². The van der Waals surface area contributed by atoms with Crippen molar-refractivity contribution in [2.45, 2.75) is 13.8 Å². The first-order chi connectivity index (χ1) is 2.00. The molecule has 0 spiro atoms. The van der Waals surface area contributed by atoms with Gasteiger partial charge in [0.15, 0.2) is 0 Å². The predicted molar refractivity (Wildman–Crippen MR) is 24.5 cm³/mol. The van der Waals surface area contributed by atoms with Crippen molar-refractivity contribution in [2.24, 2.45) is 0 Å². The fourth-order valence-electron chi connectivity index (χ4n) is 0. The third-order valence-corrected chi connectivity index (χ3v) is 0. The molecule has 0 fully saturated rings. The van der Waals surface area contributed by atoms with Crippen LogP contribution in [0.4, 0.5) is 0 Å². The molecule has 0 aliphatic heterocycles. The summed E-state index contributed by atoms with van der Waals surface area (Å²) in [5.74, 6) is 0. The third-order valence-electron chi connectivity index (χ3n) is 0. The van der Waals surface area contributed by atoms with Gasteiger partial charge in [0.2, 0.25) is 0 Å². The van der Waals surface area contributed by atoms with Gasteiger partial charge >= 0.3 is 0 Å². The van der Waals surface area contributed by atoms with E-state index >= 15 is 0 Å². The lowest BCUT2D eigenvalue weighted by Gasteiger charge is -1.21. The van der Waals surface area contributed by atoms with E-state index in [1.54, 1.807) is 0 Å². The highest BCUT2D eigenvalue weighted by molar-refractivity contribution is 3.50. The first kappa shape index (κ1) is 20.5. The van der Waals surface area contributed by atoms with E-state index in [0.717, 1.165) is 7.11 Å². The number of hydrogen-bond acceptors (Lipinski definition) is 2. The summed E-state index contributed by atoms with van der Waals surface area (Å²) in [6.07, 6.45) is 0. The maximum atomic E-state index is 7.00. The van der Waals surface area contributed by atoms with Gasteiger partial charge in [0, 0.05) is 7.11 Å². The van der Waals surface area contributed by atoms with Crippen LogP contribution >= 0.6 is 0 Å². The Bertz CT molecular complexity index is 6.85. The maximum absolute atomic E-state index is 7.00. The molecule has 0 saturated heterocycles. The first-order valence-corrected chi connectivity index (χ1v) is 1.45. The van der Waals surface area contributed by atoms with E-state index in [-0.39, 0.29) is 6.15 Å². The van der Waals surface area contributed by atoms with Crippen LogP contribution in [0.2, 0.25) is 0 Å². The third kappa shape index (κ3) is 2260. The quantitative estimate of drug-likeness (QED) is 0.451. The summed E-state index contributed by atoms with van der Waals surface area (Å²) < 4.78 is 0.